The second-order valence-corrected chi connectivity index (χ2v) is 3.08. The molecular formula is C10H9N3O2. The molecule has 76 valence electrons. The smallest absolute Gasteiger partial charge is 0.317 e. The molecule has 2 rings (SSSR count). The number of hydrogen-bond acceptors (Lipinski definition) is 3. The van der Waals surface area contributed by atoms with E-state index < -0.39 is 11.9 Å². The molecule has 1 heterocycles. The maximum absolute atomic E-state index is 11.1. The number of carboxylic acid groups (broad SMARTS) is 1. The first-order valence-electron chi connectivity index (χ1n) is 4.42. The van der Waals surface area contributed by atoms with E-state index in [2.05, 4.69) is 15.4 Å². The Hall–Kier alpha value is -2.17. The molecule has 0 fully saturated rings. The lowest BCUT2D eigenvalue weighted by Crippen LogP contribution is -2.13. The molecular weight excluding hydrogens is 194 g/mol. The lowest BCUT2D eigenvalue weighted by atomic mass is 9.97. The quantitative estimate of drug-likeness (QED) is 0.780. The first kappa shape index (κ1) is 9.39. The van der Waals surface area contributed by atoms with Gasteiger partial charge < -0.3 is 5.11 Å². The van der Waals surface area contributed by atoms with Gasteiger partial charge in [0.05, 0.1) is 6.20 Å². The van der Waals surface area contributed by atoms with E-state index in [1.165, 1.54) is 6.20 Å². The number of aromatic nitrogens is 3. The zero-order valence-corrected chi connectivity index (χ0v) is 7.79. The number of nitrogens with one attached hydrogen (secondary N) is 1. The van der Waals surface area contributed by atoms with Crippen LogP contribution in [-0.2, 0) is 4.79 Å². The Balaban J connectivity index is 2.42. The topological polar surface area (TPSA) is 78.9 Å². The molecule has 0 amide bonds. The Labute approximate surface area is 85.8 Å². The number of hydrogen-bond donors (Lipinski definition) is 2. The zero-order chi connectivity index (χ0) is 10.7. The van der Waals surface area contributed by atoms with Gasteiger partial charge in [-0.15, -0.1) is 0 Å². The molecule has 0 bridgehead atoms. The van der Waals surface area contributed by atoms with Crippen molar-refractivity contribution in [3.63, 3.8) is 0 Å². The molecule has 1 aromatic carbocycles. The number of benzene rings is 1. The van der Waals surface area contributed by atoms with Crippen molar-refractivity contribution in [1.29, 1.82) is 0 Å². The third-order valence-electron chi connectivity index (χ3n) is 2.11. The lowest BCUT2D eigenvalue weighted by Gasteiger charge is -2.08. The molecule has 5 heteroatoms. The summed E-state index contributed by atoms with van der Waals surface area (Å²) < 4.78 is 0. The number of aliphatic carboxylic acids is 1. The monoisotopic (exact) mass is 203 g/mol. The summed E-state index contributed by atoms with van der Waals surface area (Å²) in [4.78, 5) is 11.1. The van der Waals surface area contributed by atoms with Gasteiger partial charge in [-0.05, 0) is 5.56 Å². The van der Waals surface area contributed by atoms with Crippen LogP contribution in [0.5, 0.6) is 0 Å². The second kappa shape index (κ2) is 3.91. The predicted molar refractivity (Wildman–Crippen MR) is 52.3 cm³/mol. The second-order valence-electron chi connectivity index (χ2n) is 3.08. The normalized spacial score (nSPS) is 12.3. The molecule has 0 aliphatic heterocycles. The van der Waals surface area contributed by atoms with Crippen LogP contribution in [0.2, 0.25) is 0 Å². The number of aromatic amines is 1. The Morgan fingerprint density at radius 3 is 2.60 bits per heavy atom. The predicted octanol–water partition coefficient (Wildman–Crippen LogP) is 1.02. The van der Waals surface area contributed by atoms with Crippen molar-refractivity contribution >= 4 is 5.97 Å². The lowest BCUT2D eigenvalue weighted by molar-refractivity contribution is -0.137. The molecule has 0 aliphatic carbocycles. The summed E-state index contributed by atoms with van der Waals surface area (Å²) in [6, 6.07) is 8.95. The number of nitrogens with zero attached hydrogens (tertiary/aromatic N) is 2. The van der Waals surface area contributed by atoms with E-state index in [0.717, 1.165) is 0 Å². The first-order valence-corrected chi connectivity index (χ1v) is 4.42. The molecule has 1 unspecified atom stereocenters. The molecule has 0 aliphatic rings. The van der Waals surface area contributed by atoms with Gasteiger partial charge in [-0.2, -0.15) is 15.4 Å². The van der Waals surface area contributed by atoms with E-state index in [1.807, 2.05) is 6.07 Å². The van der Waals surface area contributed by atoms with Crippen LogP contribution in [0.25, 0.3) is 0 Å². The average molecular weight is 203 g/mol. The summed E-state index contributed by atoms with van der Waals surface area (Å²) >= 11 is 0. The van der Waals surface area contributed by atoms with E-state index in [0.29, 0.717) is 11.3 Å². The summed E-state index contributed by atoms with van der Waals surface area (Å²) in [7, 11) is 0. The summed E-state index contributed by atoms with van der Waals surface area (Å²) in [6.45, 7) is 0. The first-order chi connectivity index (χ1) is 7.29. The fourth-order valence-corrected chi connectivity index (χ4v) is 1.43. The molecule has 2 N–H and O–H groups in total. The highest BCUT2D eigenvalue weighted by Gasteiger charge is 2.24. The van der Waals surface area contributed by atoms with Crippen LogP contribution in [0.1, 0.15) is 17.2 Å². The van der Waals surface area contributed by atoms with Crippen LogP contribution in [0.15, 0.2) is 36.5 Å². The Morgan fingerprint density at radius 1 is 1.33 bits per heavy atom. The van der Waals surface area contributed by atoms with Crippen molar-refractivity contribution in [2.45, 2.75) is 5.92 Å². The van der Waals surface area contributed by atoms with Crippen molar-refractivity contribution in [3.8, 4) is 0 Å². The standard InChI is InChI=1S/C10H9N3O2/c14-10(15)9(8-6-11-13-12-8)7-4-2-1-3-5-7/h1-6,9H,(H,14,15)(H,11,12,13). The van der Waals surface area contributed by atoms with Gasteiger partial charge in [0.1, 0.15) is 11.6 Å². The van der Waals surface area contributed by atoms with Crippen LogP contribution in [0.3, 0.4) is 0 Å². The largest absolute Gasteiger partial charge is 0.480 e. The summed E-state index contributed by atoms with van der Waals surface area (Å²) in [6.07, 6.45) is 1.42. The van der Waals surface area contributed by atoms with E-state index in [-0.39, 0.29) is 0 Å². The molecule has 0 saturated heterocycles. The van der Waals surface area contributed by atoms with Gasteiger partial charge >= 0.3 is 5.97 Å². The molecule has 0 spiro atoms. The Morgan fingerprint density at radius 2 is 2.07 bits per heavy atom. The minimum absolute atomic E-state index is 0.411. The maximum Gasteiger partial charge on any atom is 0.317 e. The van der Waals surface area contributed by atoms with Crippen molar-refractivity contribution < 1.29 is 9.90 Å². The molecule has 5 nitrogen and oxygen atoms in total. The molecule has 0 saturated carbocycles. The average Bonchev–Trinajstić information content (AvgIpc) is 2.72. The third kappa shape index (κ3) is 1.85. The van der Waals surface area contributed by atoms with Crippen LogP contribution in [-0.4, -0.2) is 26.5 Å². The minimum atomic E-state index is -0.935. The maximum atomic E-state index is 11.1. The van der Waals surface area contributed by atoms with Gasteiger partial charge in [-0.25, -0.2) is 0 Å². The third-order valence-corrected chi connectivity index (χ3v) is 2.11. The van der Waals surface area contributed by atoms with Crippen molar-refractivity contribution in [1.82, 2.24) is 15.4 Å². The van der Waals surface area contributed by atoms with Gasteiger partial charge in [0.15, 0.2) is 0 Å². The van der Waals surface area contributed by atoms with Crippen molar-refractivity contribution in [2.24, 2.45) is 0 Å². The van der Waals surface area contributed by atoms with Crippen LogP contribution in [0, 0.1) is 0 Å². The van der Waals surface area contributed by atoms with Gasteiger partial charge in [-0.3, -0.25) is 4.79 Å². The Kier molecular flexibility index (Phi) is 2.45. The van der Waals surface area contributed by atoms with Gasteiger partial charge in [-0.1, -0.05) is 30.3 Å². The number of rotatable bonds is 3. The zero-order valence-electron chi connectivity index (χ0n) is 7.79. The van der Waals surface area contributed by atoms with E-state index in [4.69, 9.17) is 5.11 Å². The fourth-order valence-electron chi connectivity index (χ4n) is 1.43. The van der Waals surface area contributed by atoms with Crippen molar-refractivity contribution in [2.75, 3.05) is 0 Å². The molecule has 0 radical (unpaired) electrons. The van der Waals surface area contributed by atoms with Crippen LogP contribution < -0.4 is 0 Å². The van der Waals surface area contributed by atoms with Gasteiger partial charge in [0.25, 0.3) is 0 Å². The highest BCUT2D eigenvalue weighted by Crippen LogP contribution is 2.21. The van der Waals surface area contributed by atoms with Crippen molar-refractivity contribution in [3.05, 3.63) is 47.8 Å². The van der Waals surface area contributed by atoms with Crippen LogP contribution in [0.4, 0.5) is 0 Å². The Bertz CT molecular complexity index is 439. The highest BCUT2D eigenvalue weighted by atomic mass is 16.4. The fraction of sp³-hybridized carbons (Fsp3) is 0.100. The number of carbonyl (C=O) groups is 1. The summed E-state index contributed by atoms with van der Waals surface area (Å²) in [5.41, 5.74) is 1.10. The number of H-pyrrole nitrogens is 1. The molecule has 2 aromatic rings. The summed E-state index contributed by atoms with van der Waals surface area (Å²) in [5.74, 6) is -1.69. The SMILES string of the molecule is O=C(O)C(c1ccccc1)c1cn[nH]n1. The molecule has 1 atom stereocenters. The van der Waals surface area contributed by atoms with Gasteiger partial charge in [0.2, 0.25) is 0 Å². The van der Waals surface area contributed by atoms with E-state index >= 15 is 0 Å². The molecule has 1 aromatic heterocycles. The minimum Gasteiger partial charge on any atom is -0.480 e. The highest BCUT2D eigenvalue weighted by molar-refractivity contribution is 5.79. The van der Waals surface area contributed by atoms with Crippen LogP contribution >= 0.6 is 0 Å². The van der Waals surface area contributed by atoms with E-state index in [9.17, 15) is 4.79 Å². The van der Waals surface area contributed by atoms with E-state index in [1.54, 1.807) is 24.3 Å². The summed E-state index contributed by atoms with van der Waals surface area (Å²) in [5, 5.41) is 18.9. The number of carboxylic acids is 1. The molecule has 15 heavy (non-hydrogen) atoms. The van der Waals surface area contributed by atoms with Gasteiger partial charge in [0, 0.05) is 0 Å².